The van der Waals surface area contributed by atoms with Gasteiger partial charge >= 0.3 is 0 Å². The van der Waals surface area contributed by atoms with E-state index in [0.29, 0.717) is 17.1 Å². The summed E-state index contributed by atoms with van der Waals surface area (Å²) in [6, 6.07) is 7.77. The standard InChI is InChI=1S/C14H4N8/c1-2-4-6-5(3-1)8(16-15-6)9-7-10(18-17-9)13-14(22-21-13)12-11(7)19-20-12/h1-4H/b9-8+. The van der Waals surface area contributed by atoms with Gasteiger partial charge in [0.15, 0.2) is 0 Å². The molecule has 0 saturated heterocycles. The molecule has 0 amide bonds. The first kappa shape index (κ1) is 10.3. The smallest absolute Gasteiger partial charge is 0.145 e. The van der Waals surface area contributed by atoms with Gasteiger partial charge in [0.25, 0.3) is 0 Å². The molecule has 0 saturated carbocycles. The zero-order valence-electron chi connectivity index (χ0n) is 10.9. The number of benzene rings is 2. The van der Waals surface area contributed by atoms with E-state index in [0.717, 1.165) is 38.9 Å². The van der Waals surface area contributed by atoms with Gasteiger partial charge in [-0.05, 0) is 6.07 Å². The fourth-order valence-electron chi connectivity index (χ4n) is 2.91. The highest BCUT2D eigenvalue weighted by Crippen LogP contribution is 2.49. The minimum absolute atomic E-state index is 0.670. The molecule has 8 nitrogen and oxygen atoms in total. The molecule has 2 aromatic heterocycles. The van der Waals surface area contributed by atoms with E-state index in [9.17, 15) is 0 Å². The number of fused-ring (bicyclic) bond motifs is 7. The summed E-state index contributed by atoms with van der Waals surface area (Å²) in [7, 11) is 0. The van der Waals surface area contributed by atoms with Gasteiger partial charge in [0.2, 0.25) is 0 Å². The molecule has 0 unspecified atom stereocenters. The molecule has 100 valence electrons. The monoisotopic (exact) mass is 284 g/mol. The average molecular weight is 284 g/mol. The Morgan fingerprint density at radius 3 is 2.14 bits per heavy atom. The van der Waals surface area contributed by atoms with Crippen LogP contribution in [0.25, 0.3) is 33.5 Å². The number of nitrogens with zero attached hydrogens (tertiary/aromatic N) is 8. The Morgan fingerprint density at radius 1 is 0.591 bits per heavy atom. The van der Waals surface area contributed by atoms with Gasteiger partial charge in [0.05, 0.1) is 11.3 Å². The zero-order valence-corrected chi connectivity index (χ0v) is 10.9. The number of azo groups is 2. The van der Waals surface area contributed by atoms with E-state index in [1.807, 2.05) is 24.3 Å². The second-order valence-electron chi connectivity index (χ2n) is 5.13. The van der Waals surface area contributed by atoms with E-state index in [4.69, 9.17) is 0 Å². The van der Waals surface area contributed by atoms with E-state index in [-0.39, 0.29) is 0 Å². The predicted molar refractivity (Wildman–Crippen MR) is 77.3 cm³/mol. The van der Waals surface area contributed by atoms with Crippen LogP contribution >= 0.6 is 0 Å². The van der Waals surface area contributed by atoms with Crippen LogP contribution in [0.4, 0.5) is 11.4 Å². The molecular weight excluding hydrogens is 280 g/mol. The van der Waals surface area contributed by atoms with Crippen LogP contribution in [0.1, 0.15) is 11.1 Å². The van der Waals surface area contributed by atoms with Crippen LogP contribution in [-0.4, -0.2) is 20.4 Å². The first-order chi connectivity index (χ1) is 10.9. The summed E-state index contributed by atoms with van der Waals surface area (Å²) in [6.07, 6.45) is 0. The van der Waals surface area contributed by atoms with Crippen molar-refractivity contribution < 1.29 is 0 Å². The maximum Gasteiger partial charge on any atom is 0.145 e. The molecule has 6 rings (SSSR count). The van der Waals surface area contributed by atoms with E-state index < -0.39 is 0 Å². The summed E-state index contributed by atoms with van der Waals surface area (Å²) in [5.41, 5.74) is 7.69. The quantitative estimate of drug-likeness (QED) is 0.493. The minimum atomic E-state index is 0.670. The van der Waals surface area contributed by atoms with Crippen LogP contribution < -0.4 is 0 Å². The van der Waals surface area contributed by atoms with Crippen molar-refractivity contribution in [3.05, 3.63) is 35.4 Å². The lowest BCUT2D eigenvalue weighted by Gasteiger charge is -2.10. The lowest BCUT2D eigenvalue weighted by molar-refractivity contribution is 1.03. The maximum absolute atomic E-state index is 4.30. The van der Waals surface area contributed by atoms with Crippen molar-refractivity contribution in [2.24, 2.45) is 20.5 Å². The van der Waals surface area contributed by atoms with E-state index in [2.05, 4.69) is 40.9 Å². The largest absolute Gasteiger partial charge is 0.150 e. The van der Waals surface area contributed by atoms with Gasteiger partial charge in [-0.2, -0.15) is 0 Å². The highest BCUT2D eigenvalue weighted by Gasteiger charge is 2.32. The fourth-order valence-corrected chi connectivity index (χ4v) is 2.91. The Kier molecular flexibility index (Phi) is 1.52. The van der Waals surface area contributed by atoms with E-state index in [1.54, 1.807) is 0 Å². The molecule has 4 aromatic rings. The zero-order chi connectivity index (χ0) is 14.3. The summed E-state index contributed by atoms with van der Waals surface area (Å²) in [5.74, 6) is 0. The van der Waals surface area contributed by atoms with Crippen LogP contribution in [0.15, 0.2) is 44.7 Å². The topological polar surface area (TPSA) is 101 Å². The Morgan fingerprint density at radius 2 is 1.32 bits per heavy atom. The molecular formula is C14H4N8. The van der Waals surface area contributed by atoms with E-state index in [1.165, 1.54) is 0 Å². The van der Waals surface area contributed by atoms with Crippen LogP contribution in [-0.2, 0) is 0 Å². The van der Waals surface area contributed by atoms with Crippen molar-refractivity contribution in [3.63, 3.8) is 0 Å². The predicted octanol–water partition coefficient (Wildman–Crippen LogP) is 3.47. The van der Waals surface area contributed by atoms with E-state index >= 15 is 0 Å². The van der Waals surface area contributed by atoms with Crippen molar-refractivity contribution in [3.8, 4) is 0 Å². The van der Waals surface area contributed by atoms with Gasteiger partial charge in [-0.25, -0.2) is 0 Å². The first-order valence-corrected chi connectivity index (χ1v) is 6.67. The maximum atomic E-state index is 4.30. The summed E-state index contributed by atoms with van der Waals surface area (Å²) >= 11 is 0. The Bertz CT molecular complexity index is 1170. The molecule has 0 bridgehead atoms. The summed E-state index contributed by atoms with van der Waals surface area (Å²) in [4.78, 5) is 0. The molecule has 4 heterocycles. The number of hydrogen-bond acceptors (Lipinski definition) is 8. The normalized spacial score (nSPS) is 18.9. The molecule has 0 radical (unpaired) electrons. The minimum Gasteiger partial charge on any atom is -0.150 e. The molecule has 8 heteroatoms. The van der Waals surface area contributed by atoms with Gasteiger partial charge in [0, 0.05) is 5.56 Å². The van der Waals surface area contributed by atoms with Crippen molar-refractivity contribution >= 4 is 44.8 Å². The SMILES string of the molecule is c1ccc2c(c1)N=N/C2=C1/N=Nc2c1c1nnc1c1nnc21. The second-order valence-corrected chi connectivity index (χ2v) is 5.13. The Hall–Kier alpha value is -3.42. The van der Waals surface area contributed by atoms with Crippen LogP contribution in [0, 0.1) is 0 Å². The van der Waals surface area contributed by atoms with Crippen LogP contribution in [0.2, 0.25) is 0 Å². The van der Waals surface area contributed by atoms with Gasteiger partial charge in [-0.15, -0.1) is 40.9 Å². The third kappa shape index (κ3) is 0.996. The molecule has 2 aliphatic rings. The molecule has 2 aliphatic heterocycles. The third-order valence-electron chi connectivity index (χ3n) is 4.00. The molecule has 22 heavy (non-hydrogen) atoms. The highest BCUT2D eigenvalue weighted by molar-refractivity contribution is 6.16. The molecule has 0 atom stereocenters. The number of rotatable bonds is 0. The van der Waals surface area contributed by atoms with Crippen LogP contribution in [0.5, 0.6) is 0 Å². The highest BCUT2D eigenvalue weighted by atomic mass is 15.3. The number of aromatic nitrogens is 4. The molecule has 0 spiro atoms. The lowest BCUT2D eigenvalue weighted by atomic mass is 10.0. The van der Waals surface area contributed by atoms with Gasteiger partial charge in [-0.3, -0.25) is 0 Å². The third-order valence-corrected chi connectivity index (χ3v) is 4.00. The van der Waals surface area contributed by atoms with Crippen molar-refractivity contribution in [1.29, 1.82) is 0 Å². The summed E-state index contributed by atoms with van der Waals surface area (Å²) in [5, 5.41) is 33.2. The lowest BCUT2D eigenvalue weighted by Crippen LogP contribution is -2.03. The average Bonchev–Trinajstić information content (AvgIpc) is 3.07. The summed E-state index contributed by atoms with van der Waals surface area (Å²) < 4.78 is 0. The van der Waals surface area contributed by atoms with Crippen molar-refractivity contribution in [2.45, 2.75) is 0 Å². The first-order valence-electron chi connectivity index (χ1n) is 6.67. The Balaban J connectivity index is 1.73. The fraction of sp³-hybridized carbons (Fsp3) is 0. The van der Waals surface area contributed by atoms with Gasteiger partial charge in [0.1, 0.15) is 39.1 Å². The van der Waals surface area contributed by atoms with Crippen LogP contribution in [0.3, 0.4) is 0 Å². The molecule has 0 aliphatic carbocycles. The van der Waals surface area contributed by atoms with Gasteiger partial charge < -0.3 is 0 Å². The summed E-state index contributed by atoms with van der Waals surface area (Å²) in [6.45, 7) is 0. The molecule has 2 aromatic carbocycles. The van der Waals surface area contributed by atoms with Crippen molar-refractivity contribution in [2.75, 3.05) is 0 Å². The molecule has 0 N–H and O–H groups in total. The Labute approximate surface area is 122 Å². The second kappa shape index (κ2) is 3.25. The van der Waals surface area contributed by atoms with Crippen molar-refractivity contribution in [1.82, 2.24) is 20.4 Å². The van der Waals surface area contributed by atoms with Gasteiger partial charge in [-0.1, -0.05) is 18.2 Å². The number of hydrogen-bond donors (Lipinski definition) is 0. The molecule has 0 fully saturated rings.